The first-order valence-corrected chi connectivity index (χ1v) is 7.89. The summed E-state index contributed by atoms with van der Waals surface area (Å²) in [6.45, 7) is 3.97. The quantitative estimate of drug-likeness (QED) is 0.702. The van der Waals surface area contributed by atoms with Crippen LogP contribution in [0.2, 0.25) is 0 Å². The molecule has 0 unspecified atom stereocenters. The van der Waals surface area contributed by atoms with Gasteiger partial charge in [-0.2, -0.15) is 0 Å². The zero-order valence-electron chi connectivity index (χ0n) is 13.9. The fraction of sp³-hybridized carbons (Fsp3) is 0.333. The summed E-state index contributed by atoms with van der Waals surface area (Å²) in [6, 6.07) is 9.10. The first kappa shape index (κ1) is 15.5. The van der Waals surface area contributed by atoms with E-state index in [4.69, 9.17) is 0 Å². The molecule has 2 heterocycles. The van der Waals surface area contributed by atoms with Crippen LogP contribution in [0.3, 0.4) is 0 Å². The number of hydrogen-bond acceptors (Lipinski definition) is 3. The second-order valence-corrected chi connectivity index (χ2v) is 6.01. The lowest BCUT2D eigenvalue weighted by molar-refractivity contribution is 0.321. The molecule has 3 aromatic rings. The van der Waals surface area contributed by atoms with E-state index in [0.717, 1.165) is 24.5 Å². The maximum Gasteiger partial charge on any atom is 0.139 e. The van der Waals surface area contributed by atoms with Crippen LogP contribution in [-0.4, -0.2) is 38.1 Å². The van der Waals surface area contributed by atoms with Gasteiger partial charge in [-0.25, -0.2) is 9.97 Å². The molecular formula is C18H23N5. The Kier molecular flexibility index (Phi) is 4.57. The van der Waals surface area contributed by atoms with Gasteiger partial charge < -0.3 is 14.0 Å². The Hall–Kier alpha value is -2.40. The standard InChI is InChI=1S/C18H23N5/c1-15(21(2)3)16-4-6-17(7-5-16)18-20-9-11-23(18)13-12-22-10-8-19-14-22/h4-11,14-15H,12-13H2,1-3H3/t15-/m1/s1. The van der Waals surface area contributed by atoms with Crippen molar-refractivity contribution in [3.05, 3.63) is 60.9 Å². The lowest BCUT2D eigenvalue weighted by Crippen LogP contribution is -2.16. The average molecular weight is 309 g/mol. The van der Waals surface area contributed by atoms with Crippen molar-refractivity contribution in [2.75, 3.05) is 14.1 Å². The third-order valence-electron chi connectivity index (χ3n) is 4.30. The van der Waals surface area contributed by atoms with Crippen molar-refractivity contribution in [2.45, 2.75) is 26.1 Å². The molecule has 0 aliphatic carbocycles. The molecule has 2 aromatic heterocycles. The SMILES string of the molecule is C[C@H](c1ccc(-c2nccn2CCn2ccnc2)cc1)N(C)C. The summed E-state index contributed by atoms with van der Waals surface area (Å²) in [5, 5.41) is 0. The van der Waals surface area contributed by atoms with Crippen molar-refractivity contribution >= 4 is 0 Å². The molecule has 0 amide bonds. The molecule has 0 saturated heterocycles. The molecule has 0 spiro atoms. The molecule has 0 aliphatic rings. The van der Waals surface area contributed by atoms with E-state index in [1.807, 2.05) is 24.9 Å². The van der Waals surface area contributed by atoms with Crippen LogP contribution in [0.4, 0.5) is 0 Å². The van der Waals surface area contributed by atoms with Crippen LogP contribution in [-0.2, 0) is 13.1 Å². The highest BCUT2D eigenvalue weighted by Gasteiger charge is 2.10. The zero-order valence-corrected chi connectivity index (χ0v) is 13.9. The minimum absolute atomic E-state index is 0.407. The Bertz CT molecular complexity index is 725. The Balaban J connectivity index is 1.76. The average Bonchev–Trinajstić information content (AvgIpc) is 3.23. The smallest absolute Gasteiger partial charge is 0.139 e. The highest BCUT2D eigenvalue weighted by atomic mass is 15.1. The van der Waals surface area contributed by atoms with Crippen molar-refractivity contribution in [3.63, 3.8) is 0 Å². The van der Waals surface area contributed by atoms with Gasteiger partial charge in [0.2, 0.25) is 0 Å². The molecule has 0 radical (unpaired) electrons. The molecule has 23 heavy (non-hydrogen) atoms. The fourth-order valence-electron chi connectivity index (χ4n) is 2.60. The second kappa shape index (κ2) is 6.79. The first-order valence-electron chi connectivity index (χ1n) is 7.89. The summed E-state index contributed by atoms with van der Waals surface area (Å²) in [5.41, 5.74) is 2.46. The first-order chi connectivity index (χ1) is 11.1. The van der Waals surface area contributed by atoms with Crippen LogP contribution in [0, 0.1) is 0 Å². The van der Waals surface area contributed by atoms with Crippen LogP contribution in [0.5, 0.6) is 0 Å². The van der Waals surface area contributed by atoms with Gasteiger partial charge in [0.1, 0.15) is 5.82 Å². The number of hydrogen-bond donors (Lipinski definition) is 0. The van der Waals surface area contributed by atoms with E-state index in [2.05, 4.69) is 69.3 Å². The van der Waals surface area contributed by atoms with Gasteiger partial charge in [-0.3, -0.25) is 0 Å². The van der Waals surface area contributed by atoms with Crippen LogP contribution in [0.15, 0.2) is 55.4 Å². The molecule has 1 aromatic carbocycles. The maximum atomic E-state index is 4.52. The van der Waals surface area contributed by atoms with Crippen molar-refractivity contribution in [2.24, 2.45) is 0 Å². The van der Waals surface area contributed by atoms with Crippen molar-refractivity contribution < 1.29 is 0 Å². The van der Waals surface area contributed by atoms with Gasteiger partial charge in [0.25, 0.3) is 0 Å². The lowest BCUT2D eigenvalue weighted by Gasteiger charge is -2.20. The van der Waals surface area contributed by atoms with Gasteiger partial charge in [0.15, 0.2) is 0 Å². The molecule has 5 heteroatoms. The van der Waals surface area contributed by atoms with E-state index < -0.39 is 0 Å². The third kappa shape index (κ3) is 3.51. The summed E-state index contributed by atoms with van der Waals surface area (Å²) in [6.07, 6.45) is 9.52. The number of nitrogens with zero attached hydrogens (tertiary/aromatic N) is 5. The van der Waals surface area contributed by atoms with Gasteiger partial charge >= 0.3 is 0 Å². The summed E-state index contributed by atoms with van der Waals surface area (Å²) < 4.78 is 4.26. The number of aryl methyl sites for hydroxylation is 2. The molecular weight excluding hydrogens is 286 g/mol. The van der Waals surface area contributed by atoms with Crippen molar-refractivity contribution in [1.29, 1.82) is 0 Å². The predicted molar refractivity (Wildman–Crippen MR) is 92.0 cm³/mol. The molecule has 3 rings (SSSR count). The monoisotopic (exact) mass is 309 g/mol. The highest BCUT2D eigenvalue weighted by molar-refractivity contribution is 5.56. The van der Waals surface area contributed by atoms with E-state index in [9.17, 15) is 0 Å². The van der Waals surface area contributed by atoms with Gasteiger partial charge in [-0.15, -0.1) is 0 Å². The topological polar surface area (TPSA) is 38.9 Å². The minimum Gasteiger partial charge on any atom is -0.336 e. The van der Waals surface area contributed by atoms with Crippen LogP contribution < -0.4 is 0 Å². The summed E-state index contributed by atoms with van der Waals surface area (Å²) >= 11 is 0. The van der Waals surface area contributed by atoms with Crippen LogP contribution >= 0.6 is 0 Å². The molecule has 120 valence electrons. The van der Waals surface area contributed by atoms with Gasteiger partial charge in [-0.1, -0.05) is 24.3 Å². The van der Waals surface area contributed by atoms with Gasteiger partial charge in [-0.05, 0) is 26.6 Å². The zero-order chi connectivity index (χ0) is 16.2. The summed E-state index contributed by atoms with van der Waals surface area (Å²) in [5.74, 6) is 1.01. The van der Waals surface area contributed by atoms with Crippen molar-refractivity contribution in [1.82, 2.24) is 24.0 Å². The van der Waals surface area contributed by atoms with E-state index in [1.165, 1.54) is 5.56 Å². The Morgan fingerprint density at radius 3 is 2.48 bits per heavy atom. The lowest BCUT2D eigenvalue weighted by atomic mass is 10.1. The number of aromatic nitrogens is 4. The molecule has 0 fully saturated rings. The van der Waals surface area contributed by atoms with E-state index >= 15 is 0 Å². The Labute approximate surface area is 137 Å². The van der Waals surface area contributed by atoms with E-state index in [-0.39, 0.29) is 0 Å². The Morgan fingerprint density at radius 2 is 1.83 bits per heavy atom. The van der Waals surface area contributed by atoms with Gasteiger partial charge in [0.05, 0.1) is 6.33 Å². The number of benzene rings is 1. The third-order valence-corrected chi connectivity index (χ3v) is 4.30. The summed E-state index contributed by atoms with van der Waals surface area (Å²) in [4.78, 5) is 10.8. The van der Waals surface area contributed by atoms with Crippen molar-refractivity contribution in [3.8, 4) is 11.4 Å². The molecule has 0 N–H and O–H groups in total. The molecule has 0 aliphatic heterocycles. The normalized spacial score (nSPS) is 12.7. The maximum absolute atomic E-state index is 4.52. The molecule has 1 atom stereocenters. The minimum atomic E-state index is 0.407. The molecule has 0 bridgehead atoms. The van der Waals surface area contributed by atoms with Crippen LogP contribution in [0.25, 0.3) is 11.4 Å². The predicted octanol–water partition coefficient (Wildman–Crippen LogP) is 3.07. The van der Waals surface area contributed by atoms with E-state index in [1.54, 1.807) is 6.20 Å². The molecule has 5 nitrogen and oxygen atoms in total. The van der Waals surface area contributed by atoms with Gasteiger partial charge in [0, 0.05) is 49.5 Å². The van der Waals surface area contributed by atoms with E-state index in [0.29, 0.717) is 6.04 Å². The number of rotatable bonds is 6. The molecule has 0 saturated carbocycles. The fourth-order valence-corrected chi connectivity index (χ4v) is 2.60. The number of imidazole rings is 2. The Morgan fingerprint density at radius 1 is 1.04 bits per heavy atom. The summed E-state index contributed by atoms with van der Waals surface area (Å²) in [7, 11) is 4.20. The largest absolute Gasteiger partial charge is 0.336 e. The highest BCUT2D eigenvalue weighted by Crippen LogP contribution is 2.22. The second-order valence-electron chi connectivity index (χ2n) is 6.01. The van der Waals surface area contributed by atoms with Crippen LogP contribution in [0.1, 0.15) is 18.5 Å².